The normalized spacial score (nSPS) is 18.7. The highest BCUT2D eigenvalue weighted by Crippen LogP contribution is 2.24. The Kier molecular flexibility index (Phi) is 4.64. The van der Waals surface area contributed by atoms with Gasteiger partial charge in [-0.2, -0.15) is 5.10 Å². The van der Waals surface area contributed by atoms with E-state index in [0.29, 0.717) is 12.2 Å². The van der Waals surface area contributed by atoms with Gasteiger partial charge < -0.3 is 10.2 Å². The average molecular weight is 326 g/mol. The van der Waals surface area contributed by atoms with E-state index in [1.165, 1.54) is 11.1 Å². The summed E-state index contributed by atoms with van der Waals surface area (Å²) in [5, 5.41) is 9.59. The summed E-state index contributed by atoms with van der Waals surface area (Å²) in [6.07, 6.45) is 4.29. The molecule has 2 atom stereocenters. The Labute approximate surface area is 141 Å². The summed E-state index contributed by atoms with van der Waals surface area (Å²) in [7, 11) is 0. The minimum atomic E-state index is -0.313. The molecule has 24 heavy (non-hydrogen) atoms. The lowest BCUT2D eigenvalue weighted by Crippen LogP contribution is -2.39. The van der Waals surface area contributed by atoms with Crippen molar-refractivity contribution in [3.63, 3.8) is 0 Å². The van der Waals surface area contributed by atoms with E-state index in [1.807, 2.05) is 19.1 Å². The van der Waals surface area contributed by atoms with Gasteiger partial charge in [0, 0.05) is 25.2 Å². The molecule has 0 bridgehead atoms. The second-order valence-corrected chi connectivity index (χ2v) is 6.40. The maximum Gasteiger partial charge on any atom is 0.227 e. The first-order valence-corrected chi connectivity index (χ1v) is 8.18. The van der Waals surface area contributed by atoms with Crippen LogP contribution in [-0.2, 0) is 16.0 Å². The zero-order chi connectivity index (χ0) is 17.1. The number of amides is 2. The van der Waals surface area contributed by atoms with Crippen LogP contribution in [0.3, 0.4) is 0 Å². The molecule has 0 spiro atoms. The third kappa shape index (κ3) is 3.48. The van der Waals surface area contributed by atoms with Gasteiger partial charge >= 0.3 is 0 Å². The van der Waals surface area contributed by atoms with E-state index in [2.05, 4.69) is 34.6 Å². The minimum absolute atomic E-state index is 0.0247. The Morgan fingerprint density at radius 2 is 2.25 bits per heavy atom. The van der Waals surface area contributed by atoms with E-state index in [-0.39, 0.29) is 30.2 Å². The number of rotatable bonds is 5. The van der Waals surface area contributed by atoms with Gasteiger partial charge in [0.25, 0.3) is 0 Å². The molecule has 0 radical (unpaired) electrons. The molecule has 0 aliphatic carbocycles. The number of benzene rings is 1. The van der Waals surface area contributed by atoms with Crippen LogP contribution >= 0.6 is 0 Å². The largest absolute Gasteiger partial charge is 0.353 e. The Balaban J connectivity index is 1.57. The smallest absolute Gasteiger partial charge is 0.227 e. The third-order valence-corrected chi connectivity index (χ3v) is 4.47. The molecule has 1 fully saturated rings. The highest BCUT2D eigenvalue weighted by molar-refractivity contribution is 6.00. The van der Waals surface area contributed by atoms with Crippen molar-refractivity contribution in [2.75, 3.05) is 11.4 Å². The number of hydrogen-bond donors (Lipinski definition) is 2. The molecule has 6 nitrogen and oxygen atoms in total. The molecule has 0 saturated carbocycles. The second kappa shape index (κ2) is 6.86. The van der Waals surface area contributed by atoms with Gasteiger partial charge in [0.1, 0.15) is 0 Å². The number of carbonyl (C=O) groups is 2. The average Bonchev–Trinajstić information content (AvgIpc) is 3.18. The fourth-order valence-corrected chi connectivity index (χ4v) is 3.11. The van der Waals surface area contributed by atoms with E-state index in [9.17, 15) is 9.59 Å². The predicted molar refractivity (Wildman–Crippen MR) is 91.5 cm³/mol. The summed E-state index contributed by atoms with van der Waals surface area (Å²) < 4.78 is 0. The summed E-state index contributed by atoms with van der Waals surface area (Å²) >= 11 is 0. The molecule has 1 aromatic carbocycles. The fraction of sp³-hybridized carbons (Fsp3) is 0.389. The molecule has 1 aliphatic heterocycles. The predicted octanol–water partition coefficient (Wildman–Crippen LogP) is 1.82. The van der Waals surface area contributed by atoms with Gasteiger partial charge in [-0.05, 0) is 31.4 Å². The number of hydrogen-bond acceptors (Lipinski definition) is 3. The highest BCUT2D eigenvalue weighted by Gasteiger charge is 2.35. The maximum atomic E-state index is 12.5. The molecular weight excluding hydrogens is 304 g/mol. The molecule has 0 unspecified atom stereocenters. The fourth-order valence-electron chi connectivity index (χ4n) is 3.11. The molecule has 1 saturated heterocycles. The number of nitrogens with zero attached hydrogens (tertiary/aromatic N) is 2. The number of nitrogens with one attached hydrogen (secondary N) is 2. The van der Waals surface area contributed by atoms with Crippen molar-refractivity contribution in [2.24, 2.45) is 5.92 Å². The minimum Gasteiger partial charge on any atom is -0.353 e. The van der Waals surface area contributed by atoms with Gasteiger partial charge in [0.15, 0.2) is 0 Å². The van der Waals surface area contributed by atoms with Crippen LogP contribution in [0.4, 0.5) is 5.69 Å². The molecule has 1 aromatic heterocycles. The first kappa shape index (κ1) is 16.2. The summed E-state index contributed by atoms with van der Waals surface area (Å²) in [6, 6.07) is 8.20. The molecular formula is C18H22N4O2. The van der Waals surface area contributed by atoms with Crippen LogP contribution in [0.1, 0.15) is 24.5 Å². The third-order valence-electron chi connectivity index (χ3n) is 4.47. The molecule has 126 valence electrons. The lowest BCUT2D eigenvalue weighted by atomic mass is 10.0. The van der Waals surface area contributed by atoms with Crippen molar-refractivity contribution in [1.29, 1.82) is 0 Å². The topological polar surface area (TPSA) is 78.1 Å². The highest BCUT2D eigenvalue weighted by atomic mass is 16.2. The zero-order valence-corrected chi connectivity index (χ0v) is 14.0. The number of H-pyrrole nitrogens is 1. The van der Waals surface area contributed by atoms with Crippen LogP contribution in [0.15, 0.2) is 36.7 Å². The van der Waals surface area contributed by atoms with Crippen LogP contribution < -0.4 is 10.2 Å². The van der Waals surface area contributed by atoms with Crippen molar-refractivity contribution in [3.8, 4) is 0 Å². The van der Waals surface area contributed by atoms with Crippen LogP contribution in [0, 0.1) is 12.8 Å². The number of carbonyl (C=O) groups excluding carboxylic acids is 2. The van der Waals surface area contributed by atoms with Crippen LogP contribution in [0.25, 0.3) is 0 Å². The molecule has 1 aliphatic rings. The first-order valence-electron chi connectivity index (χ1n) is 8.18. The van der Waals surface area contributed by atoms with Crippen molar-refractivity contribution < 1.29 is 9.59 Å². The summed E-state index contributed by atoms with van der Waals surface area (Å²) in [5.74, 6) is -0.412. The Bertz CT molecular complexity index is 726. The van der Waals surface area contributed by atoms with Gasteiger partial charge in [-0.3, -0.25) is 14.7 Å². The summed E-state index contributed by atoms with van der Waals surface area (Å²) in [4.78, 5) is 26.2. The van der Waals surface area contributed by atoms with E-state index in [0.717, 1.165) is 6.42 Å². The van der Waals surface area contributed by atoms with Gasteiger partial charge in [-0.15, -0.1) is 0 Å². The SMILES string of the molecule is Cc1ccccc1C[C@H](C)NC(=O)[C@H]1CC(=O)N(c2cn[nH]c2)C1. The Morgan fingerprint density at radius 3 is 2.96 bits per heavy atom. The van der Waals surface area contributed by atoms with E-state index in [1.54, 1.807) is 17.3 Å². The molecule has 2 heterocycles. The van der Waals surface area contributed by atoms with Gasteiger partial charge in [0.05, 0.1) is 17.8 Å². The Morgan fingerprint density at radius 1 is 1.46 bits per heavy atom. The first-order chi connectivity index (χ1) is 11.5. The number of aromatic amines is 1. The second-order valence-electron chi connectivity index (χ2n) is 6.40. The zero-order valence-electron chi connectivity index (χ0n) is 14.0. The molecule has 3 rings (SSSR count). The quantitative estimate of drug-likeness (QED) is 0.880. The molecule has 2 aromatic rings. The van der Waals surface area contributed by atoms with Crippen LogP contribution in [0.5, 0.6) is 0 Å². The molecule has 2 N–H and O–H groups in total. The lowest BCUT2D eigenvalue weighted by molar-refractivity contribution is -0.126. The van der Waals surface area contributed by atoms with E-state index >= 15 is 0 Å². The maximum absolute atomic E-state index is 12.5. The lowest BCUT2D eigenvalue weighted by Gasteiger charge is -2.18. The van der Waals surface area contributed by atoms with Crippen molar-refractivity contribution in [2.45, 2.75) is 32.7 Å². The van der Waals surface area contributed by atoms with Crippen molar-refractivity contribution >= 4 is 17.5 Å². The van der Waals surface area contributed by atoms with Crippen molar-refractivity contribution in [3.05, 3.63) is 47.8 Å². The van der Waals surface area contributed by atoms with Gasteiger partial charge in [0.2, 0.25) is 11.8 Å². The number of aryl methyl sites for hydroxylation is 1. The van der Waals surface area contributed by atoms with Crippen LogP contribution in [-0.4, -0.2) is 34.6 Å². The van der Waals surface area contributed by atoms with E-state index in [4.69, 9.17) is 0 Å². The monoisotopic (exact) mass is 326 g/mol. The Hall–Kier alpha value is -2.63. The van der Waals surface area contributed by atoms with Gasteiger partial charge in [-0.1, -0.05) is 24.3 Å². The number of aromatic nitrogens is 2. The van der Waals surface area contributed by atoms with Crippen LogP contribution in [0.2, 0.25) is 0 Å². The molecule has 6 heteroatoms. The number of anilines is 1. The summed E-state index contributed by atoms with van der Waals surface area (Å²) in [6.45, 7) is 4.47. The van der Waals surface area contributed by atoms with E-state index < -0.39 is 0 Å². The molecule has 2 amide bonds. The summed E-state index contributed by atoms with van der Waals surface area (Å²) in [5.41, 5.74) is 3.16. The van der Waals surface area contributed by atoms with Gasteiger partial charge in [-0.25, -0.2) is 0 Å². The standard InChI is InChI=1S/C18H22N4O2/c1-12-5-3-4-6-14(12)7-13(2)21-18(24)15-8-17(23)22(11-15)16-9-19-20-10-16/h3-6,9-10,13,15H,7-8,11H2,1-2H3,(H,19,20)(H,21,24)/t13-,15-/m0/s1. The van der Waals surface area contributed by atoms with Crippen molar-refractivity contribution in [1.82, 2.24) is 15.5 Å².